The van der Waals surface area contributed by atoms with Gasteiger partial charge in [-0.1, -0.05) is 34.3 Å². The van der Waals surface area contributed by atoms with Gasteiger partial charge >= 0.3 is 0 Å². The van der Waals surface area contributed by atoms with E-state index in [2.05, 4.69) is 21.8 Å². The lowest BCUT2D eigenvalue weighted by molar-refractivity contribution is -0.124. The van der Waals surface area contributed by atoms with Gasteiger partial charge in [0.15, 0.2) is 0 Å². The number of nitrogens with zero attached hydrogens (tertiary/aromatic N) is 3. The minimum absolute atomic E-state index is 0.0764. The second-order valence-electron chi connectivity index (χ2n) is 5.08. The number of pyridine rings is 1. The molecule has 0 aromatic carbocycles. The number of carbonyl (C=O) groups is 1. The number of likely N-dealkylation sites (tertiary alicyclic amines) is 1. The van der Waals surface area contributed by atoms with Crippen LogP contribution in [0.25, 0.3) is 10.9 Å². The van der Waals surface area contributed by atoms with Crippen molar-refractivity contribution >= 4 is 34.4 Å². The standard InChI is InChI=1S/C7H8N4.C7H11NO.C2H6S.2C2H6/c1-4-6-5(11-10-4)2-3-9-7(6)8;1-2-7(9)8-5-3-4-6-8;1-3-2;2*1-2/h2-3H,1H3,(H2,8,9)(H,10,11);2H,1,3-6H2;1-2H3;2*1-2H3. The normalized spacial score (nSPS) is 11.4. The van der Waals surface area contributed by atoms with Crippen LogP contribution in [0.5, 0.6) is 0 Å². The molecule has 1 amide bonds. The number of hydrogen-bond donors (Lipinski definition) is 2. The van der Waals surface area contributed by atoms with Crippen LogP contribution in [-0.2, 0) is 4.79 Å². The second kappa shape index (κ2) is 17.4. The van der Waals surface area contributed by atoms with Crippen molar-refractivity contribution in [3.8, 4) is 0 Å². The maximum atomic E-state index is 10.8. The number of carbonyl (C=O) groups excluding carboxylic acids is 1. The summed E-state index contributed by atoms with van der Waals surface area (Å²) in [4.78, 5) is 16.6. The fourth-order valence-electron chi connectivity index (χ4n) is 2.21. The Labute approximate surface area is 169 Å². The van der Waals surface area contributed by atoms with E-state index in [4.69, 9.17) is 5.73 Å². The summed E-state index contributed by atoms with van der Waals surface area (Å²) in [5.74, 6) is 0.612. The number of anilines is 1. The number of H-pyrrole nitrogens is 1. The molecule has 1 aliphatic heterocycles. The molecule has 1 fully saturated rings. The third-order valence-electron chi connectivity index (χ3n) is 3.27. The van der Waals surface area contributed by atoms with E-state index in [-0.39, 0.29) is 5.91 Å². The number of nitrogens with two attached hydrogens (primary N) is 1. The SMILES string of the molecule is C=CC(=O)N1CCCC1.CC.CC.CSC.Cc1[nH]nc2ccnc(N)c12. The maximum absolute atomic E-state index is 10.8. The van der Waals surface area contributed by atoms with E-state index in [0.29, 0.717) is 5.82 Å². The van der Waals surface area contributed by atoms with Gasteiger partial charge in [0.1, 0.15) is 5.82 Å². The molecule has 3 N–H and O–H groups in total. The van der Waals surface area contributed by atoms with Gasteiger partial charge in [0, 0.05) is 25.0 Å². The smallest absolute Gasteiger partial charge is 0.245 e. The van der Waals surface area contributed by atoms with E-state index in [1.807, 2.05) is 58.1 Å². The van der Waals surface area contributed by atoms with E-state index in [1.165, 1.54) is 6.08 Å². The van der Waals surface area contributed by atoms with Gasteiger partial charge in [-0.2, -0.15) is 16.9 Å². The number of amides is 1. The van der Waals surface area contributed by atoms with Crippen molar-refractivity contribution in [1.82, 2.24) is 20.1 Å². The summed E-state index contributed by atoms with van der Waals surface area (Å²) in [6.45, 7) is 15.2. The van der Waals surface area contributed by atoms with Crippen molar-refractivity contribution in [2.75, 3.05) is 31.3 Å². The topological polar surface area (TPSA) is 87.9 Å². The van der Waals surface area contributed by atoms with Gasteiger partial charge < -0.3 is 10.6 Å². The van der Waals surface area contributed by atoms with Gasteiger partial charge in [0.05, 0.1) is 10.9 Å². The van der Waals surface area contributed by atoms with Crippen molar-refractivity contribution in [2.45, 2.75) is 47.5 Å². The molecule has 0 radical (unpaired) electrons. The number of aryl methyl sites for hydroxylation is 1. The first-order valence-electron chi connectivity index (χ1n) is 9.41. The first kappa shape index (κ1) is 27.2. The average Bonchev–Trinajstić information content (AvgIpc) is 3.37. The Morgan fingerprint density at radius 3 is 2.22 bits per heavy atom. The predicted molar refractivity (Wildman–Crippen MR) is 121 cm³/mol. The third kappa shape index (κ3) is 10.0. The molecule has 6 nitrogen and oxygen atoms in total. The molecule has 7 heteroatoms. The second-order valence-corrected chi connectivity index (χ2v) is 5.90. The number of nitrogens with one attached hydrogen (secondary N) is 1. The molecule has 1 saturated heterocycles. The molecule has 1 aliphatic rings. The van der Waals surface area contributed by atoms with Crippen molar-refractivity contribution < 1.29 is 4.79 Å². The Hall–Kier alpha value is -2.02. The molecule has 3 heterocycles. The van der Waals surface area contributed by atoms with Gasteiger partial charge in [0.25, 0.3) is 0 Å². The van der Waals surface area contributed by atoms with Crippen LogP contribution in [0.4, 0.5) is 5.82 Å². The van der Waals surface area contributed by atoms with Crippen LogP contribution in [0.1, 0.15) is 46.2 Å². The number of nitrogen functional groups attached to an aromatic ring is 1. The van der Waals surface area contributed by atoms with Gasteiger partial charge in [-0.3, -0.25) is 9.89 Å². The van der Waals surface area contributed by atoms with Crippen LogP contribution in [0.2, 0.25) is 0 Å². The van der Waals surface area contributed by atoms with Crippen LogP contribution in [-0.4, -0.2) is 51.6 Å². The summed E-state index contributed by atoms with van der Waals surface area (Å²) in [5.41, 5.74) is 7.46. The first-order valence-corrected chi connectivity index (χ1v) is 11.0. The monoisotopic (exact) mass is 395 g/mol. The first-order chi connectivity index (χ1) is 13.0. The summed E-state index contributed by atoms with van der Waals surface area (Å²) in [6.07, 6.45) is 9.42. The number of rotatable bonds is 1. The van der Waals surface area contributed by atoms with Gasteiger partial charge in [-0.15, -0.1) is 0 Å². The van der Waals surface area contributed by atoms with Crippen molar-refractivity contribution in [3.05, 3.63) is 30.6 Å². The summed E-state index contributed by atoms with van der Waals surface area (Å²) in [5, 5.41) is 7.81. The Bertz CT molecular complexity index is 636. The Morgan fingerprint density at radius 2 is 1.78 bits per heavy atom. The zero-order chi connectivity index (χ0) is 21.2. The number of hydrogen-bond acceptors (Lipinski definition) is 5. The van der Waals surface area contributed by atoms with E-state index >= 15 is 0 Å². The lowest BCUT2D eigenvalue weighted by Crippen LogP contribution is -2.25. The van der Waals surface area contributed by atoms with Crippen LogP contribution < -0.4 is 5.73 Å². The molecule has 2 aromatic heterocycles. The molecule has 0 atom stereocenters. The van der Waals surface area contributed by atoms with E-state index < -0.39 is 0 Å². The quantitative estimate of drug-likeness (QED) is 0.685. The molecule has 27 heavy (non-hydrogen) atoms. The number of aromatic nitrogens is 3. The Morgan fingerprint density at radius 1 is 1.26 bits per heavy atom. The number of fused-ring (bicyclic) bond motifs is 1. The molecule has 0 bridgehead atoms. The fourth-order valence-corrected chi connectivity index (χ4v) is 2.21. The van der Waals surface area contributed by atoms with Crippen molar-refractivity contribution in [2.24, 2.45) is 0 Å². The lowest BCUT2D eigenvalue weighted by Gasteiger charge is -2.10. The molecule has 3 rings (SSSR count). The zero-order valence-electron chi connectivity index (χ0n) is 18.0. The van der Waals surface area contributed by atoms with Crippen LogP contribution in [0, 0.1) is 6.92 Å². The summed E-state index contributed by atoms with van der Waals surface area (Å²) < 4.78 is 0. The van der Waals surface area contributed by atoms with Crippen LogP contribution in [0.15, 0.2) is 24.9 Å². The largest absolute Gasteiger partial charge is 0.383 e. The Balaban J connectivity index is 0. The minimum atomic E-state index is 0.0764. The lowest BCUT2D eigenvalue weighted by atomic mass is 10.2. The number of thioether (sulfide) groups is 1. The highest BCUT2D eigenvalue weighted by Crippen LogP contribution is 2.18. The molecule has 2 aromatic rings. The Kier molecular flexibility index (Phi) is 17.5. The summed E-state index contributed by atoms with van der Waals surface area (Å²) in [7, 11) is 0. The molecule has 0 aliphatic carbocycles. The van der Waals surface area contributed by atoms with E-state index in [9.17, 15) is 4.79 Å². The van der Waals surface area contributed by atoms with Crippen molar-refractivity contribution in [3.63, 3.8) is 0 Å². The molecule has 0 saturated carbocycles. The molecule has 154 valence electrons. The average molecular weight is 396 g/mol. The predicted octanol–water partition coefficient (Wildman–Crippen LogP) is 4.67. The zero-order valence-corrected chi connectivity index (χ0v) is 18.8. The molecular weight excluding hydrogens is 358 g/mol. The third-order valence-corrected chi connectivity index (χ3v) is 3.27. The molecule has 0 spiro atoms. The van der Waals surface area contributed by atoms with Gasteiger partial charge in [-0.25, -0.2) is 4.98 Å². The highest BCUT2D eigenvalue weighted by Gasteiger charge is 2.13. The highest BCUT2D eigenvalue weighted by molar-refractivity contribution is 7.97. The van der Waals surface area contributed by atoms with E-state index in [0.717, 1.165) is 42.5 Å². The fraction of sp³-hybridized carbons (Fsp3) is 0.550. The maximum Gasteiger partial charge on any atom is 0.245 e. The molecular formula is C20H37N5OS. The van der Waals surface area contributed by atoms with Crippen LogP contribution >= 0.6 is 11.8 Å². The van der Waals surface area contributed by atoms with Crippen molar-refractivity contribution in [1.29, 1.82) is 0 Å². The highest BCUT2D eigenvalue weighted by atomic mass is 32.2. The minimum Gasteiger partial charge on any atom is -0.383 e. The van der Waals surface area contributed by atoms with Crippen LogP contribution in [0.3, 0.4) is 0 Å². The van der Waals surface area contributed by atoms with Gasteiger partial charge in [-0.05, 0) is 44.4 Å². The van der Waals surface area contributed by atoms with E-state index in [1.54, 1.807) is 18.0 Å². The van der Waals surface area contributed by atoms with Gasteiger partial charge in [0.2, 0.25) is 5.91 Å². The summed E-state index contributed by atoms with van der Waals surface area (Å²) >= 11 is 1.75. The number of aromatic amines is 1. The summed E-state index contributed by atoms with van der Waals surface area (Å²) in [6, 6.07) is 1.83. The molecule has 0 unspecified atom stereocenters.